The van der Waals surface area contributed by atoms with Gasteiger partial charge in [-0.25, -0.2) is 4.79 Å². The molecule has 1 aromatic carbocycles. The van der Waals surface area contributed by atoms with Crippen molar-refractivity contribution in [3.05, 3.63) is 34.3 Å². The zero-order chi connectivity index (χ0) is 19.3. The number of amides is 2. The molecule has 2 bridgehead atoms. The van der Waals surface area contributed by atoms with Crippen LogP contribution in [-0.4, -0.2) is 34.1 Å². The Labute approximate surface area is 161 Å². The summed E-state index contributed by atoms with van der Waals surface area (Å²) in [6.45, 7) is 7.22. The molecule has 7 heteroatoms. The molecule has 1 aliphatic heterocycles. The van der Waals surface area contributed by atoms with Gasteiger partial charge in [0.2, 0.25) is 0 Å². The number of nitrogens with two attached hydrogens (primary N) is 1. The van der Waals surface area contributed by atoms with Crippen LogP contribution in [0.4, 0.5) is 16.2 Å². The minimum atomic E-state index is -1.08. The SMILES string of the molecule is CC(C)(C)OC(=O)N1C2CC=C(C2)[C@@]1(C)C(=O)Nc1cc(Br)ccc1N. The Morgan fingerprint density at radius 1 is 1.38 bits per heavy atom. The second-order valence-corrected chi connectivity index (χ2v) is 8.85. The molecule has 2 atom stereocenters. The summed E-state index contributed by atoms with van der Waals surface area (Å²) in [5.74, 6) is -0.290. The van der Waals surface area contributed by atoms with E-state index in [1.165, 1.54) is 0 Å². The topological polar surface area (TPSA) is 84.7 Å². The summed E-state index contributed by atoms with van der Waals surface area (Å²) in [7, 11) is 0. The highest BCUT2D eigenvalue weighted by Gasteiger charge is 2.57. The standard InChI is InChI=1S/C19H24BrN3O3/c1-18(2,3)26-17(25)23-13-7-5-11(9-13)19(23,4)16(24)22-15-10-12(20)6-8-14(15)21/h5-6,8,10,13H,7,9,21H2,1-4H3,(H,22,24)/t13?,19-/m0/s1. The number of ether oxygens (including phenoxy) is 1. The van der Waals surface area contributed by atoms with Gasteiger partial charge in [0.25, 0.3) is 5.91 Å². The number of likely N-dealkylation sites (tertiary alicyclic amines) is 1. The van der Waals surface area contributed by atoms with Gasteiger partial charge in [-0.3, -0.25) is 9.69 Å². The number of halogens is 1. The number of rotatable bonds is 2. The van der Waals surface area contributed by atoms with Crippen molar-refractivity contribution in [3.8, 4) is 0 Å². The fraction of sp³-hybridized carbons (Fsp3) is 0.474. The van der Waals surface area contributed by atoms with Crippen LogP contribution in [0.25, 0.3) is 0 Å². The maximum atomic E-state index is 13.2. The first-order valence-corrected chi connectivity index (χ1v) is 9.40. The third-order valence-corrected chi connectivity index (χ3v) is 5.35. The highest BCUT2D eigenvalue weighted by atomic mass is 79.9. The van der Waals surface area contributed by atoms with Crippen LogP contribution in [0.5, 0.6) is 0 Å². The predicted molar refractivity (Wildman–Crippen MR) is 105 cm³/mol. The van der Waals surface area contributed by atoms with Gasteiger partial charge in [0.1, 0.15) is 11.1 Å². The van der Waals surface area contributed by atoms with E-state index in [2.05, 4.69) is 27.3 Å². The second-order valence-electron chi connectivity index (χ2n) is 7.93. The molecule has 6 nitrogen and oxygen atoms in total. The molecule has 1 aliphatic carbocycles. The van der Waals surface area contributed by atoms with E-state index in [1.807, 2.05) is 20.8 Å². The monoisotopic (exact) mass is 421 g/mol. The Morgan fingerprint density at radius 2 is 2.08 bits per heavy atom. The van der Waals surface area contributed by atoms with Gasteiger partial charge in [0.15, 0.2) is 0 Å². The van der Waals surface area contributed by atoms with E-state index in [0.29, 0.717) is 17.8 Å². The van der Waals surface area contributed by atoms with Crippen molar-refractivity contribution in [1.29, 1.82) is 0 Å². The number of nitrogens with zero attached hydrogens (tertiary/aromatic N) is 1. The molecule has 1 aromatic rings. The summed E-state index contributed by atoms with van der Waals surface area (Å²) in [6, 6.07) is 5.22. The number of hydrogen-bond acceptors (Lipinski definition) is 4. The van der Waals surface area contributed by atoms with Gasteiger partial charge in [-0.05, 0) is 64.3 Å². The number of carbonyl (C=O) groups excluding carboxylic acids is 2. The van der Waals surface area contributed by atoms with Crippen molar-refractivity contribution in [2.24, 2.45) is 0 Å². The van der Waals surface area contributed by atoms with Crippen LogP contribution in [0.2, 0.25) is 0 Å². The van der Waals surface area contributed by atoms with Gasteiger partial charge in [-0.1, -0.05) is 22.0 Å². The molecule has 2 amide bonds. The average Bonchev–Trinajstić information content (AvgIpc) is 3.09. The number of anilines is 2. The molecule has 2 aliphatic rings. The summed E-state index contributed by atoms with van der Waals surface area (Å²) >= 11 is 3.38. The van der Waals surface area contributed by atoms with Crippen molar-refractivity contribution >= 4 is 39.3 Å². The number of nitrogens with one attached hydrogen (secondary N) is 1. The lowest BCUT2D eigenvalue weighted by atomic mass is 9.91. The molecule has 1 saturated heterocycles. The largest absolute Gasteiger partial charge is 0.444 e. The van der Waals surface area contributed by atoms with Crippen molar-refractivity contribution < 1.29 is 14.3 Å². The minimum absolute atomic E-state index is 0.0459. The van der Waals surface area contributed by atoms with Gasteiger partial charge in [0.05, 0.1) is 11.4 Å². The van der Waals surface area contributed by atoms with Crippen LogP contribution < -0.4 is 11.1 Å². The Morgan fingerprint density at radius 3 is 2.73 bits per heavy atom. The number of hydrogen-bond donors (Lipinski definition) is 2. The Hall–Kier alpha value is -2.02. The van der Waals surface area contributed by atoms with Gasteiger partial charge in [-0.15, -0.1) is 0 Å². The zero-order valence-electron chi connectivity index (χ0n) is 15.4. The van der Waals surface area contributed by atoms with Gasteiger partial charge >= 0.3 is 6.09 Å². The normalized spacial score (nSPS) is 24.4. The number of benzene rings is 1. The van der Waals surface area contributed by atoms with Crippen molar-refractivity contribution in [2.45, 2.75) is 57.7 Å². The first-order valence-electron chi connectivity index (χ1n) is 8.60. The van der Waals surface area contributed by atoms with E-state index >= 15 is 0 Å². The third-order valence-electron chi connectivity index (χ3n) is 4.86. The maximum Gasteiger partial charge on any atom is 0.411 e. The fourth-order valence-electron chi connectivity index (χ4n) is 3.59. The van der Waals surface area contributed by atoms with Gasteiger partial charge in [-0.2, -0.15) is 0 Å². The summed E-state index contributed by atoms with van der Waals surface area (Å²) < 4.78 is 6.37. The maximum absolute atomic E-state index is 13.2. The number of fused-ring (bicyclic) bond motifs is 2. The lowest BCUT2D eigenvalue weighted by Crippen LogP contribution is -2.58. The Balaban J connectivity index is 1.91. The third kappa shape index (κ3) is 3.20. The van der Waals surface area contributed by atoms with E-state index in [-0.39, 0.29) is 11.9 Å². The smallest absolute Gasteiger partial charge is 0.411 e. The van der Waals surface area contributed by atoms with Crippen LogP contribution >= 0.6 is 15.9 Å². The summed E-state index contributed by atoms with van der Waals surface area (Å²) in [4.78, 5) is 27.6. The first kappa shape index (κ1) is 18.8. The van der Waals surface area contributed by atoms with Gasteiger partial charge < -0.3 is 15.8 Å². The zero-order valence-corrected chi connectivity index (χ0v) is 17.0. The van der Waals surface area contributed by atoms with E-state index in [4.69, 9.17) is 10.5 Å². The molecule has 3 rings (SSSR count). The van der Waals surface area contributed by atoms with Crippen LogP contribution in [0.15, 0.2) is 34.3 Å². The quantitative estimate of drug-likeness (QED) is 0.556. The molecule has 0 saturated carbocycles. The Kier molecular flexibility index (Phi) is 4.55. The summed E-state index contributed by atoms with van der Waals surface area (Å²) in [6.07, 6.45) is 3.02. The molecule has 140 valence electrons. The molecular formula is C19H24BrN3O3. The molecule has 26 heavy (non-hydrogen) atoms. The molecular weight excluding hydrogens is 398 g/mol. The van der Waals surface area contributed by atoms with Crippen molar-refractivity contribution in [3.63, 3.8) is 0 Å². The molecule has 0 spiro atoms. The summed E-state index contributed by atoms with van der Waals surface area (Å²) in [5, 5.41) is 2.88. The van der Waals surface area contributed by atoms with Gasteiger partial charge in [0, 0.05) is 10.5 Å². The van der Waals surface area contributed by atoms with Crippen molar-refractivity contribution in [1.82, 2.24) is 4.90 Å². The average molecular weight is 422 g/mol. The molecule has 1 fully saturated rings. The molecule has 0 radical (unpaired) electrons. The number of nitrogen functional groups attached to an aromatic ring is 1. The Bertz CT molecular complexity index is 800. The van der Waals surface area contributed by atoms with E-state index < -0.39 is 17.2 Å². The van der Waals surface area contributed by atoms with E-state index in [9.17, 15) is 9.59 Å². The molecule has 1 unspecified atom stereocenters. The lowest BCUT2D eigenvalue weighted by molar-refractivity contribution is -0.124. The van der Waals surface area contributed by atoms with Crippen LogP contribution in [-0.2, 0) is 9.53 Å². The minimum Gasteiger partial charge on any atom is -0.444 e. The highest BCUT2D eigenvalue weighted by Crippen LogP contribution is 2.46. The van der Waals surface area contributed by atoms with Crippen LogP contribution in [0.3, 0.4) is 0 Å². The lowest BCUT2D eigenvalue weighted by Gasteiger charge is -2.40. The second kappa shape index (κ2) is 6.30. The van der Waals surface area contributed by atoms with E-state index in [1.54, 1.807) is 30.0 Å². The number of carbonyl (C=O) groups is 2. The van der Waals surface area contributed by atoms with Crippen molar-refractivity contribution in [2.75, 3.05) is 11.1 Å². The predicted octanol–water partition coefficient (Wildman–Crippen LogP) is 4.07. The summed E-state index contributed by atoms with van der Waals surface area (Å²) in [5.41, 5.74) is 6.19. The molecule has 1 heterocycles. The molecule has 0 aromatic heterocycles. The molecule has 3 N–H and O–H groups in total. The fourth-order valence-corrected chi connectivity index (χ4v) is 3.95. The van der Waals surface area contributed by atoms with Crippen LogP contribution in [0, 0.1) is 0 Å². The first-order chi connectivity index (χ1) is 12.0. The van der Waals surface area contributed by atoms with E-state index in [0.717, 1.165) is 16.5 Å². The highest BCUT2D eigenvalue weighted by molar-refractivity contribution is 9.10. The van der Waals surface area contributed by atoms with Crippen LogP contribution in [0.1, 0.15) is 40.5 Å².